The van der Waals surface area contributed by atoms with Gasteiger partial charge in [0.25, 0.3) is 0 Å². The molecule has 1 nitrogen and oxygen atoms in total. The molecule has 2 atom stereocenters. The summed E-state index contributed by atoms with van der Waals surface area (Å²) in [6.45, 7) is 11.9. The van der Waals surface area contributed by atoms with Crippen LogP contribution in [0.5, 0.6) is 0 Å². The zero-order chi connectivity index (χ0) is 8.48. The van der Waals surface area contributed by atoms with Crippen LogP contribution in [0.4, 0.5) is 0 Å². The summed E-state index contributed by atoms with van der Waals surface area (Å²) in [6, 6.07) is 0. The molecule has 1 aliphatic heterocycles. The smallest absolute Gasteiger partial charge is 0.00203 e. The summed E-state index contributed by atoms with van der Waals surface area (Å²) in [7, 11) is 0. The van der Waals surface area contributed by atoms with E-state index in [1.54, 1.807) is 0 Å². The summed E-state index contributed by atoms with van der Waals surface area (Å²) in [4.78, 5) is 0. The van der Waals surface area contributed by atoms with Crippen molar-refractivity contribution in [2.75, 3.05) is 13.1 Å². The lowest BCUT2D eigenvalue weighted by molar-refractivity contribution is 0.130. The van der Waals surface area contributed by atoms with Crippen molar-refractivity contribution in [1.29, 1.82) is 0 Å². The fourth-order valence-electron chi connectivity index (χ4n) is 2.30. The van der Waals surface area contributed by atoms with Gasteiger partial charge in [-0.2, -0.15) is 0 Å². The highest BCUT2D eigenvalue weighted by Gasteiger charge is 2.30. The number of rotatable bonds is 0. The molecular formula is C10H21N. The van der Waals surface area contributed by atoms with E-state index in [1.165, 1.54) is 19.5 Å². The van der Waals surface area contributed by atoms with E-state index in [9.17, 15) is 0 Å². The van der Waals surface area contributed by atoms with Gasteiger partial charge in [-0.3, -0.25) is 0 Å². The lowest BCUT2D eigenvalue weighted by Gasteiger charge is -2.39. The number of hydrogen-bond donors (Lipinski definition) is 1. The van der Waals surface area contributed by atoms with Crippen LogP contribution in [-0.2, 0) is 0 Å². The first kappa shape index (κ1) is 9.05. The minimum Gasteiger partial charge on any atom is -0.316 e. The Morgan fingerprint density at radius 1 is 1.27 bits per heavy atom. The van der Waals surface area contributed by atoms with E-state index < -0.39 is 0 Å². The van der Waals surface area contributed by atoms with Gasteiger partial charge in [-0.05, 0) is 36.8 Å². The second-order valence-electron chi connectivity index (χ2n) is 4.94. The maximum atomic E-state index is 3.44. The first-order valence-electron chi connectivity index (χ1n) is 4.72. The maximum Gasteiger partial charge on any atom is -0.00203 e. The third kappa shape index (κ3) is 2.19. The molecule has 1 N–H and O–H groups in total. The number of nitrogens with one attached hydrogen (secondary N) is 1. The van der Waals surface area contributed by atoms with Gasteiger partial charge in [-0.1, -0.05) is 27.7 Å². The molecular weight excluding hydrogens is 134 g/mol. The Morgan fingerprint density at radius 3 is 2.27 bits per heavy atom. The van der Waals surface area contributed by atoms with Gasteiger partial charge in [-0.25, -0.2) is 0 Å². The monoisotopic (exact) mass is 155 g/mol. The zero-order valence-corrected chi connectivity index (χ0v) is 8.28. The number of hydrogen-bond acceptors (Lipinski definition) is 1. The minimum absolute atomic E-state index is 0.502. The largest absolute Gasteiger partial charge is 0.316 e. The predicted molar refractivity (Wildman–Crippen MR) is 49.6 cm³/mol. The third-order valence-electron chi connectivity index (χ3n) is 2.90. The predicted octanol–water partition coefficient (Wildman–Crippen LogP) is 2.28. The van der Waals surface area contributed by atoms with Crippen LogP contribution in [0.2, 0.25) is 0 Å². The lowest BCUT2D eigenvalue weighted by Crippen LogP contribution is -2.40. The van der Waals surface area contributed by atoms with Crippen molar-refractivity contribution in [2.45, 2.75) is 34.1 Å². The molecule has 1 rings (SSSR count). The van der Waals surface area contributed by atoms with Crippen molar-refractivity contribution >= 4 is 0 Å². The molecule has 0 spiro atoms. The maximum absolute atomic E-state index is 3.44. The quantitative estimate of drug-likeness (QED) is 0.566. The molecule has 1 heterocycles. The Bertz CT molecular complexity index is 123. The van der Waals surface area contributed by atoms with E-state index in [1.807, 2.05) is 0 Å². The van der Waals surface area contributed by atoms with Gasteiger partial charge in [-0.15, -0.1) is 0 Å². The molecule has 1 heteroatoms. The average Bonchev–Trinajstić information content (AvgIpc) is 1.86. The van der Waals surface area contributed by atoms with E-state index in [-0.39, 0.29) is 0 Å². The van der Waals surface area contributed by atoms with Gasteiger partial charge >= 0.3 is 0 Å². The standard InChI is InChI=1S/C10H21N/c1-8-7-11-6-5-9(8)10(2,3)4/h8-9,11H,5-7H2,1-4H3/t8-,9?/m0/s1. The van der Waals surface area contributed by atoms with E-state index in [0.717, 1.165) is 11.8 Å². The molecule has 1 unspecified atom stereocenters. The molecule has 0 bridgehead atoms. The SMILES string of the molecule is C[C@H]1CNCCC1C(C)(C)C. The molecule has 66 valence electrons. The fraction of sp³-hybridized carbons (Fsp3) is 1.00. The summed E-state index contributed by atoms with van der Waals surface area (Å²) >= 11 is 0. The zero-order valence-electron chi connectivity index (χ0n) is 8.28. The molecule has 0 aromatic heterocycles. The Hall–Kier alpha value is -0.0400. The first-order chi connectivity index (χ1) is 5.02. The molecule has 0 aliphatic carbocycles. The van der Waals surface area contributed by atoms with Crippen LogP contribution in [0.15, 0.2) is 0 Å². The van der Waals surface area contributed by atoms with Gasteiger partial charge in [0, 0.05) is 0 Å². The molecule has 0 radical (unpaired) electrons. The van der Waals surface area contributed by atoms with Crippen LogP contribution < -0.4 is 5.32 Å². The van der Waals surface area contributed by atoms with Crippen molar-refractivity contribution in [1.82, 2.24) is 5.32 Å². The van der Waals surface area contributed by atoms with Gasteiger partial charge in [0.05, 0.1) is 0 Å². The van der Waals surface area contributed by atoms with Crippen molar-refractivity contribution in [3.05, 3.63) is 0 Å². The first-order valence-corrected chi connectivity index (χ1v) is 4.72. The highest BCUT2D eigenvalue weighted by molar-refractivity contribution is 4.83. The Labute approximate surface area is 70.6 Å². The topological polar surface area (TPSA) is 12.0 Å². The molecule has 11 heavy (non-hydrogen) atoms. The van der Waals surface area contributed by atoms with Crippen LogP contribution in [-0.4, -0.2) is 13.1 Å². The molecule has 1 aliphatic rings. The van der Waals surface area contributed by atoms with Crippen molar-refractivity contribution < 1.29 is 0 Å². The van der Waals surface area contributed by atoms with Crippen LogP contribution in [0.3, 0.4) is 0 Å². The van der Waals surface area contributed by atoms with E-state index in [0.29, 0.717) is 5.41 Å². The summed E-state index contributed by atoms with van der Waals surface area (Å²) in [6.07, 6.45) is 1.35. The average molecular weight is 155 g/mol. The summed E-state index contributed by atoms with van der Waals surface area (Å²) in [5.74, 6) is 1.76. The molecule has 1 fully saturated rings. The van der Waals surface area contributed by atoms with Crippen molar-refractivity contribution in [3.8, 4) is 0 Å². The molecule has 0 amide bonds. The highest BCUT2D eigenvalue weighted by Crippen LogP contribution is 2.35. The highest BCUT2D eigenvalue weighted by atomic mass is 14.9. The Morgan fingerprint density at radius 2 is 1.91 bits per heavy atom. The molecule has 0 aromatic carbocycles. The van der Waals surface area contributed by atoms with Crippen LogP contribution in [0.1, 0.15) is 34.1 Å². The van der Waals surface area contributed by atoms with Gasteiger partial charge < -0.3 is 5.32 Å². The molecule has 1 saturated heterocycles. The van der Waals surface area contributed by atoms with Crippen LogP contribution in [0.25, 0.3) is 0 Å². The summed E-state index contributed by atoms with van der Waals surface area (Å²) in [5.41, 5.74) is 0.502. The van der Waals surface area contributed by atoms with Crippen molar-refractivity contribution in [3.63, 3.8) is 0 Å². The number of piperidine rings is 1. The Balaban J connectivity index is 2.55. The van der Waals surface area contributed by atoms with Crippen LogP contribution in [0, 0.1) is 17.3 Å². The van der Waals surface area contributed by atoms with E-state index in [2.05, 4.69) is 33.0 Å². The van der Waals surface area contributed by atoms with E-state index >= 15 is 0 Å². The van der Waals surface area contributed by atoms with Gasteiger partial charge in [0.2, 0.25) is 0 Å². The van der Waals surface area contributed by atoms with Crippen molar-refractivity contribution in [2.24, 2.45) is 17.3 Å². The molecule has 0 saturated carbocycles. The lowest BCUT2D eigenvalue weighted by atomic mass is 9.70. The fourth-order valence-corrected chi connectivity index (χ4v) is 2.30. The summed E-state index contributed by atoms with van der Waals surface area (Å²) < 4.78 is 0. The second kappa shape index (κ2) is 3.14. The van der Waals surface area contributed by atoms with Crippen LogP contribution >= 0.6 is 0 Å². The normalized spacial score (nSPS) is 33.8. The second-order valence-corrected chi connectivity index (χ2v) is 4.94. The third-order valence-corrected chi connectivity index (χ3v) is 2.90. The minimum atomic E-state index is 0.502. The van der Waals surface area contributed by atoms with E-state index in [4.69, 9.17) is 0 Å². The molecule has 0 aromatic rings. The summed E-state index contributed by atoms with van der Waals surface area (Å²) in [5, 5.41) is 3.44. The van der Waals surface area contributed by atoms with Gasteiger partial charge in [0.15, 0.2) is 0 Å². The van der Waals surface area contributed by atoms with Gasteiger partial charge in [0.1, 0.15) is 0 Å². The Kier molecular flexibility index (Phi) is 2.58.